The number of aliphatic hydroxyl groups is 1. The Morgan fingerprint density at radius 1 is 1.53 bits per heavy atom. The van der Waals surface area contributed by atoms with Crippen molar-refractivity contribution in [3.8, 4) is 0 Å². The Kier molecular flexibility index (Phi) is 5.45. The molecule has 1 aromatic rings. The van der Waals surface area contributed by atoms with E-state index in [-0.39, 0.29) is 18.6 Å². The molecule has 1 atom stereocenters. The maximum absolute atomic E-state index is 12.0. The molecule has 0 saturated carbocycles. The van der Waals surface area contributed by atoms with Gasteiger partial charge in [0, 0.05) is 23.2 Å². The number of carbonyl (C=O) groups is 1. The molecule has 0 radical (unpaired) electrons. The van der Waals surface area contributed by atoms with E-state index < -0.39 is 0 Å². The number of halogens is 1. The first-order valence-corrected chi connectivity index (χ1v) is 6.14. The number of nitrogens with one attached hydrogen (secondary N) is 1. The van der Waals surface area contributed by atoms with Crippen LogP contribution in [0.4, 0.5) is 0 Å². The SMILES string of the molecule is CCC(CCO)NC(=O)c1cccc(Cl)c1C. The average Bonchev–Trinajstić information content (AvgIpc) is 2.31. The van der Waals surface area contributed by atoms with Gasteiger partial charge in [-0.15, -0.1) is 0 Å². The van der Waals surface area contributed by atoms with Crippen molar-refractivity contribution in [1.29, 1.82) is 0 Å². The molecule has 94 valence electrons. The van der Waals surface area contributed by atoms with Crippen LogP contribution in [-0.2, 0) is 0 Å². The van der Waals surface area contributed by atoms with E-state index in [1.54, 1.807) is 18.2 Å². The van der Waals surface area contributed by atoms with Gasteiger partial charge in [0.2, 0.25) is 0 Å². The van der Waals surface area contributed by atoms with E-state index in [9.17, 15) is 4.79 Å². The molecule has 1 unspecified atom stereocenters. The van der Waals surface area contributed by atoms with Crippen LogP contribution in [0.5, 0.6) is 0 Å². The van der Waals surface area contributed by atoms with Crippen LogP contribution in [0.15, 0.2) is 18.2 Å². The molecule has 0 aromatic heterocycles. The number of carbonyl (C=O) groups excluding carboxylic acids is 1. The first-order valence-electron chi connectivity index (χ1n) is 5.77. The van der Waals surface area contributed by atoms with Gasteiger partial charge in [-0.3, -0.25) is 4.79 Å². The van der Waals surface area contributed by atoms with E-state index in [2.05, 4.69) is 5.32 Å². The van der Waals surface area contributed by atoms with Crippen LogP contribution in [-0.4, -0.2) is 23.7 Å². The monoisotopic (exact) mass is 255 g/mol. The molecular formula is C13H18ClNO2. The summed E-state index contributed by atoms with van der Waals surface area (Å²) in [5.74, 6) is -0.134. The van der Waals surface area contributed by atoms with E-state index >= 15 is 0 Å². The molecule has 0 fully saturated rings. The zero-order valence-electron chi connectivity index (χ0n) is 10.2. The number of benzene rings is 1. The molecule has 0 spiro atoms. The van der Waals surface area contributed by atoms with Crippen molar-refractivity contribution < 1.29 is 9.90 Å². The second-order valence-corrected chi connectivity index (χ2v) is 4.41. The summed E-state index contributed by atoms with van der Waals surface area (Å²) < 4.78 is 0. The molecule has 4 heteroatoms. The third kappa shape index (κ3) is 3.72. The van der Waals surface area contributed by atoms with Gasteiger partial charge in [0.25, 0.3) is 5.91 Å². The molecule has 0 bridgehead atoms. The van der Waals surface area contributed by atoms with Gasteiger partial charge >= 0.3 is 0 Å². The fraction of sp³-hybridized carbons (Fsp3) is 0.462. The molecule has 1 amide bonds. The summed E-state index contributed by atoms with van der Waals surface area (Å²) in [7, 11) is 0. The van der Waals surface area contributed by atoms with Gasteiger partial charge in [0.1, 0.15) is 0 Å². The van der Waals surface area contributed by atoms with E-state index in [1.807, 2.05) is 13.8 Å². The molecule has 0 heterocycles. The summed E-state index contributed by atoms with van der Waals surface area (Å²) in [5.41, 5.74) is 1.37. The van der Waals surface area contributed by atoms with Crippen LogP contribution in [0.2, 0.25) is 5.02 Å². The lowest BCUT2D eigenvalue weighted by Crippen LogP contribution is -2.35. The van der Waals surface area contributed by atoms with Crippen molar-refractivity contribution in [3.63, 3.8) is 0 Å². The van der Waals surface area contributed by atoms with Crippen molar-refractivity contribution in [1.82, 2.24) is 5.32 Å². The van der Waals surface area contributed by atoms with Gasteiger partial charge in [-0.05, 0) is 37.5 Å². The maximum atomic E-state index is 12.0. The number of hydrogen-bond acceptors (Lipinski definition) is 2. The van der Waals surface area contributed by atoms with Crippen LogP contribution >= 0.6 is 11.6 Å². The number of hydrogen-bond donors (Lipinski definition) is 2. The number of rotatable bonds is 5. The van der Waals surface area contributed by atoms with E-state index in [4.69, 9.17) is 16.7 Å². The predicted molar refractivity (Wildman–Crippen MR) is 69.4 cm³/mol. The van der Waals surface area contributed by atoms with Gasteiger partial charge in [0.05, 0.1) is 0 Å². The summed E-state index contributed by atoms with van der Waals surface area (Å²) in [5, 5.41) is 12.4. The second-order valence-electron chi connectivity index (χ2n) is 4.00. The summed E-state index contributed by atoms with van der Waals surface area (Å²) in [6.07, 6.45) is 1.37. The minimum atomic E-state index is -0.134. The highest BCUT2D eigenvalue weighted by Crippen LogP contribution is 2.18. The zero-order chi connectivity index (χ0) is 12.8. The highest BCUT2D eigenvalue weighted by molar-refractivity contribution is 6.31. The van der Waals surface area contributed by atoms with Gasteiger partial charge in [-0.1, -0.05) is 24.6 Å². The lowest BCUT2D eigenvalue weighted by Gasteiger charge is -2.16. The Morgan fingerprint density at radius 2 is 2.24 bits per heavy atom. The lowest BCUT2D eigenvalue weighted by atomic mass is 10.1. The quantitative estimate of drug-likeness (QED) is 0.850. The standard InChI is InChI=1S/C13H18ClNO2/c1-3-10(7-8-16)15-13(17)11-5-4-6-12(14)9(11)2/h4-6,10,16H,3,7-8H2,1-2H3,(H,15,17). The van der Waals surface area contributed by atoms with Crippen molar-refractivity contribution >= 4 is 17.5 Å². The smallest absolute Gasteiger partial charge is 0.251 e. The average molecular weight is 256 g/mol. The fourth-order valence-electron chi connectivity index (χ4n) is 1.65. The van der Waals surface area contributed by atoms with E-state index in [0.717, 1.165) is 12.0 Å². The van der Waals surface area contributed by atoms with Gasteiger partial charge in [-0.25, -0.2) is 0 Å². The molecule has 1 aromatic carbocycles. The Morgan fingerprint density at radius 3 is 2.82 bits per heavy atom. The zero-order valence-corrected chi connectivity index (χ0v) is 10.9. The summed E-state index contributed by atoms with van der Waals surface area (Å²) in [4.78, 5) is 12.0. The fourth-order valence-corrected chi connectivity index (χ4v) is 1.83. The Balaban J connectivity index is 2.79. The first-order chi connectivity index (χ1) is 8.10. The van der Waals surface area contributed by atoms with Crippen molar-refractivity contribution in [2.75, 3.05) is 6.61 Å². The topological polar surface area (TPSA) is 49.3 Å². The lowest BCUT2D eigenvalue weighted by molar-refractivity contribution is 0.0928. The summed E-state index contributed by atoms with van der Waals surface area (Å²) >= 11 is 5.97. The summed E-state index contributed by atoms with van der Waals surface area (Å²) in [6, 6.07) is 5.28. The molecule has 0 aliphatic heterocycles. The molecular weight excluding hydrogens is 238 g/mol. The maximum Gasteiger partial charge on any atom is 0.251 e. The highest BCUT2D eigenvalue weighted by atomic mass is 35.5. The highest BCUT2D eigenvalue weighted by Gasteiger charge is 2.14. The number of aliphatic hydroxyl groups excluding tert-OH is 1. The van der Waals surface area contributed by atoms with Crippen LogP contribution in [0.1, 0.15) is 35.7 Å². The molecule has 1 rings (SSSR count). The Hall–Kier alpha value is -1.06. The molecule has 17 heavy (non-hydrogen) atoms. The Bertz CT molecular complexity index is 393. The third-order valence-corrected chi connectivity index (χ3v) is 3.23. The molecule has 3 nitrogen and oxygen atoms in total. The molecule has 0 aliphatic carbocycles. The normalized spacial score (nSPS) is 12.2. The summed E-state index contributed by atoms with van der Waals surface area (Å²) in [6.45, 7) is 3.88. The van der Waals surface area contributed by atoms with E-state index in [1.165, 1.54) is 0 Å². The first kappa shape index (κ1) is 14.0. The van der Waals surface area contributed by atoms with Crippen molar-refractivity contribution in [2.45, 2.75) is 32.7 Å². The van der Waals surface area contributed by atoms with Crippen LogP contribution in [0.3, 0.4) is 0 Å². The van der Waals surface area contributed by atoms with E-state index in [0.29, 0.717) is 17.0 Å². The largest absolute Gasteiger partial charge is 0.396 e. The predicted octanol–water partition coefficient (Wildman–Crippen LogP) is 2.54. The van der Waals surface area contributed by atoms with Crippen LogP contribution < -0.4 is 5.32 Å². The third-order valence-electron chi connectivity index (χ3n) is 2.82. The Labute approximate surface area is 107 Å². The molecule has 2 N–H and O–H groups in total. The minimum Gasteiger partial charge on any atom is -0.396 e. The molecule has 0 saturated heterocycles. The van der Waals surface area contributed by atoms with Crippen molar-refractivity contribution in [3.05, 3.63) is 34.3 Å². The van der Waals surface area contributed by atoms with Crippen molar-refractivity contribution in [2.24, 2.45) is 0 Å². The minimum absolute atomic E-state index is 0.00545. The van der Waals surface area contributed by atoms with Gasteiger partial charge in [0.15, 0.2) is 0 Å². The van der Waals surface area contributed by atoms with Crippen LogP contribution in [0, 0.1) is 6.92 Å². The van der Waals surface area contributed by atoms with Crippen LogP contribution in [0.25, 0.3) is 0 Å². The molecule has 0 aliphatic rings. The van der Waals surface area contributed by atoms with Gasteiger partial charge < -0.3 is 10.4 Å². The second kappa shape index (κ2) is 6.62. The van der Waals surface area contributed by atoms with Gasteiger partial charge in [-0.2, -0.15) is 0 Å². The number of amides is 1.